The Labute approximate surface area is 197 Å². The van der Waals surface area contributed by atoms with Gasteiger partial charge in [-0.3, -0.25) is 14.0 Å². The lowest BCUT2D eigenvalue weighted by atomic mass is 10.1. The number of hydrogen-bond donors (Lipinski definition) is 1. The molecule has 1 aliphatic rings. The second kappa shape index (κ2) is 10.7. The van der Waals surface area contributed by atoms with Crippen LogP contribution in [0.15, 0.2) is 48.5 Å². The molecule has 3 rings (SSSR count). The van der Waals surface area contributed by atoms with Crippen molar-refractivity contribution in [3.05, 3.63) is 65.2 Å². The average Bonchev–Trinajstić information content (AvgIpc) is 2.77. The third kappa shape index (κ3) is 6.94. The first-order chi connectivity index (χ1) is 15.9. The van der Waals surface area contributed by atoms with E-state index in [1.54, 1.807) is 0 Å². The summed E-state index contributed by atoms with van der Waals surface area (Å²) in [7, 11) is -4.04. The Bertz CT molecular complexity index is 1100. The van der Waals surface area contributed by atoms with Gasteiger partial charge in [-0.1, -0.05) is 30.3 Å². The number of benzene rings is 2. The summed E-state index contributed by atoms with van der Waals surface area (Å²) in [5.74, 6) is -0.624. The van der Waals surface area contributed by atoms with Crippen molar-refractivity contribution < 1.29 is 31.1 Å². The number of alkyl halides is 3. The smallest absolute Gasteiger partial charge is 0.379 e. The number of carbonyl (C=O) groups is 1. The number of anilines is 1. The van der Waals surface area contributed by atoms with E-state index in [1.807, 2.05) is 24.3 Å². The molecule has 1 saturated heterocycles. The predicted molar refractivity (Wildman–Crippen MR) is 123 cm³/mol. The van der Waals surface area contributed by atoms with Crippen LogP contribution >= 0.6 is 0 Å². The molecule has 0 radical (unpaired) electrons. The Kier molecular flexibility index (Phi) is 8.21. The van der Waals surface area contributed by atoms with Crippen molar-refractivity contribution in [1.82, 2.24) is 10.2 Å². The van der Waals surface area contributed by atoms with E-state index in [1.165, 1.54) is 13.0 Å². The Morgan fingerprint density at radius 1 is 1.12 bits per heavy atom. The number of ether oxygens (including phenoxy) is 1. The maximum atomic E-state index is 13.1. The summed E-state index contributed by atoms with van der Waals surface area (Å²) in [4.78, 5) is 15.1. The third-order valence-corrected chi connectivity index (χ3v) is 6.73. The van der Waals surface area contributed by atoms with E-state index in [2.05, 4.69) is 10.2 Å². The van der Waals surface area contributed by atoms with Crippen LogP contribution in [0.5, 0.6) is 0 Å². The quantitative estimate of drug-likeness (QED) is 0.604. The molecule has 1 fully saturated rings. The van der Waals surface area contributed by atoms with Crippen LogP contribution in [0.2, 0.25) is 0 Å². The molecule has 7 nitrogen and oxygen atoms in total. The Balaban J connectivity index is 1.70. The fourth-order valence-corrected chi connectivity index (χ4v) is 4.99. The third-order valence-electron chi connectivity index (χ3n) is 5.48. The summed E-state index contributed by atoms with van der Waals surface area (Å²) in [5.41, 5.74) is 0.676. The molecule has 1 aliphatic heterocycles. The summed E-state index contributed by atoms with van der Waals surface area (Å²) in [5, 5.41) is 2.70. The van der Waals surface area contributed by atoms with E-state index in [0.717, 1.165) is 55.2 Å². The summed E-state index contributed by atoms with van der Waals surface area (Å²) < 4.78 is 70.2. The fraction of sp³-hybridized carbons (Fsp3) is 0.435. The molecule has 186 valence electrons. The Morgan fingerprint density at radius 2 is 1.76 bits per heavy atom. The minimum Gasteiger partial charge on any atom is -0.379 e. The lowest BCUT2D eigenvalue weighted by Crippen LogP contribution is -2.47. The molecule has 0 saturated carbocycles. The molecular formula is C23H28F3N3O4S. The minimum absolute atomic E-state index is 0.153. The van der Waals surface area contributed by atoms with Crippen LogP contribution in [0, 0.1) is 0 Å². The van der Waals surface area contributed by atoms with E-state index in [0.29, 0.717) is 17.5 Å². The van der Waals surface area contributed by atoms with Gasteiger partial charge in [0.15, 0.2) is 0 Å². The number of nitrogens with one attached hydrogen (secondary N) is 1. The van der Waals surface area contributed by atoms with Crippen molar-refractivity contribution in [2.75, 3.05) is 36.9 Å². The Morgan fingerprint density at radius 3 is 2.41 bits per heavy atom. The number of nitrogens with zero attached hydrogens (tertiary/aromatic N) is 2. The molecule has 2 aromatic rings. The molecule has 0 spiro atoms. The molecule has 0 aromatic heterocycles. The SMILES string of the molecule is C[C@@H](C(=O)NCc1cccc(CN2CCOCC2)c1)N(c1cccc(C(F)(F)F)c1)S(C)(=O)=O. The first-order valence-electron chi connectivity index (χ1n) is 10.8. The molecule has 0 aliphatic carbocycles. The van der Waals surface area contributed by atoms with Gasteiger partial charge >= 0.3 is 6.18 Å². The molecule has 2 aromatic carbocycles. The molecule has 1 atom stereocenters. The van der Waals surface area contributed by atoms with E-state index in [-0.39, 0.29) is 12.2 Å². The van der Waals surface area contributed by atoms with Crippen molar-refractivity contribution in [3.8, 4) is 0 Å². The van der Waals surface area contributed by atoms with Gasteiger partial charge in [0.05, 0.1) is 30.7 Å². The highest BCUT2D eigenvalue weighted by molar-refractivity contribution is 7.92. The van der Waals surface area contributed by atoms with Gasteiger partial charge in [-0.15, -0.1) is 0 Å². The lowest BCUT2D eigenvalue weighted by Gasteiger charge is -2.29. The molecule has 0 bridgehead atoms. The van der Waals surface area contributed by atoms with E-state index < -0.39 is 33.7 Å². The van der Waals surface area contributed by atoms with Gasteiger partial charge in [-0.2, -0.15) is 13.2 Å². The fourth-order valence-electron chi connectivity index (χ4n) is 3.82. The number of halogens is 3. The van der Waals surface area contributed by atoms with Crippen molar-refractivity contribution in [2.45, 2.75) is 32.2 Å². The number of hydrogen-bond acceptors (Lipinski definition) is 5. The monoisotopic (exact) mass is 499 g/mol. The standard InChI is InChI=1S/C23H28F3N3O4S/c1-17(29(34(2,31)32)21-8-4-7-20(14-21)23(24,25)26)22(30)27-15-18-5-3-6-19(13-18)16-28-9-11-33-12-10-28/h3-8,13-14,17H,9-12,15-16H2,1-2H3,(H,27,30)/t17-/m0/s1. The Hall–Kier alpha value is -2.63. The van der Waals surface area contributed by atoms with Gasteiger partial charge in [0.2, 0.25) is 15.9 Å². The van der Waals surface area contributed by atoms with E-state index in [4.69, 9.17) is 4.74 Å². The maximum Gasteiger partial charge on any atom is 0.416 e. The number of rotatable bonds is 8. The number of sulfonamides is 1. The van der Waals surface area contributed by atoms with Crippen molar-refractivity contribution in [2.24, 2.45) is 0 Å². The summed E-state index contributed by atoms with van der Waals surface area (Å²) in [6.45, 7) is 5.31. The first kappa shape index (κ1) is 26.0. The van der Waals surface area contributed by atoms with Crippen molar-refractivity contribution >= 4 is 21.6 Å². The highest BCUT2D eigenvalue weighted by Gasteiger charge is 2.34. The van der Waals surface area contributed by atoms with Crippen LogP contribution in [-0.4, -0.2) is 57.8 Å². The number of carbonyl (C=O) groups excluding carboxylic acids is 1. The average molecular weight is 500 g/mol. The second-order valence-electron chi connectivity index (χ2n) is 8.21. The van der Waals surface area contributed by atoms with E-state index >= 15 is 0 Å². The van der Waals surface area contributed by atoms with E-state index in [9.17, 15) is 26.4 Å². The van der Waals surface area contributed by atoms with Crippen molar-refractivity contribution in [3.63, 3.8) is 0 Å². The van der Waals surface area contributed by atoms with Crippen LogP contribution in [0.25, 0.3) is 0 Å². The summed E-state index contributed by atoms with van der Waals surface area (Å²) in [6, 6.07) is 10.3. The highest BCUT2D eigenvalue weighted by Crippen LogP contribution is 2.32. The molecule has 1 N–H and O–H groups in total. The zero-order valence-corrected chi connectivity index (χ0v) is 19.8. The molecule has 11 heteroatoms. The van der Waals surface area contributed by atoms with Gasteiger partial charge in [0.1, 0.15) is 6.04 Å². The van der Waals surface area contributed by atoms with Crippen LogP contribution < -0.4 is 9.62 Å². The minimum atomic E-state index is -4.64. The van der Waals surface area contributed by atoms with Gasteiger partial charge in [-0.25, -0.2) is 8.42 Å². The highest BCUT2D eigenvalue weighted by atomic mass is 32.2. The molecule has 1 heterocycles. The van der Waals surface area contributed by atoms with Gasteiger partial charge in [0, 0.05) is 26.2 Å². The first-order valence-corrected chi connectivity index (χ1v) is 12.6. The van der Waals surface area contributed by atoms with Gasteiger partial charge in [0.25, 0.3) is 0 Å². The largest absolute Gasteiger partial charge is 0.416 e. The van der Waals surface area contributed by atoms with Crippen LogP contribution in [0.4, 0.5) is 18.9 Å². The van der Waals surface area contributed by atoms with Crippen LogP contribution in [-0.2, 0) is 38.8 Å². The van der Waals surface area contributed by atoms with Crippen LogP contribution in [0.1, 0.15) is 23.6 Å². The van der Waals surface area contributed by atoms with Gasteiger partial charge in [-0.05, 0) is 36.2 Å². The summed E-state index contributed by atoms with van der Waals surface area (Å²) >= 11 is 0. The summed E-state index contributed by atoms with van der Waals surface area (Å²) in [6.07, 6.45) is -3.79. The molecular weight excluding hydrogens is 471 g/mol. The molecule has 0 unspecified atom stereocenters. The number of morpholine rings is 1. The normalized spacial score (nSPS) is 16.1. The molecule has 1 amide bonds. The topological polar surface area (TPSA) is 79.0 Å². The zero-order chi connectivity index (χ0) is 24.9. The second-order valence-corrected chi connectivity index (χ2v) is 10.1. The predicted octanol–water partition coefficient (Wildman–Crippen LogP) is 3.01. The van der Waals surface area contributed by atoms with Crippen molar-refractivity contribution in [1.29, 1.82) is 0 Å². The number of amides is 1. The maximum absolute atomic E-state index is 13.1. The van der Waals surface area contributed by atoms with Gasteiger partial charge < -0.3 is 10.1 Å². The molecule has 34 heavy (non-hydrogen) atoms. The van der Waals surface area contributed by atoms with Crippen LogP contribution in [0.3, 0.4) is 0 Å². The lowest BCUT2D eigenvalue weighted by molar-refractivity contribution is -0.137. The zero-order valence-electron chi connectivity index (χ0n) is 19.0.